The monoisotopic (exact) mass is 238 g/mol. The van der Waals surface area contributed by atoms with E-state index >= 15 is 0 Å². The molecule has 0 heterocycles. The average Bonchev–Trinajstić information content (AvgIpc) is 2.37. The SMILES string of the molecule is CCCCOc1cc(CCCO)ccc1OC. The second kappa shape index (κ2) is 7.96. The molecule has 1 rings (SSSR count). The largest absolute Gasteiger partial charge is 0.493 e. The van der Waals surface area contributed by atoms with Crippen LogP contribution in [0.15, 0.2) is 18.2 Å². The Kier molecular flexibility index (Phi) is 6.48. The molecular formula is C14H22O3. The van der Waals surface area contributed by atoms with Crippen LogP contribution in [-0.2, 0) is 6.42 Å². The van der Waals surface area contributed by atoms with E-state index < -0.39 is 0 Å². The van der Waals surface area contributed by atoms with Crippen molar-refractivity contribution in [3.05, 3.63) is 23.8 Å². The number of unbranched alkanes of at least 4 members (excludes halogenated alkanes) is 1. The summed E-state index contributed by atoms with van der Waals surface area (Å²) in [4.78, 5) is 0. The highest BCUT2D eigenvalue weighted by molar-refractivity contribution is 5.43. The van der Waals surface area contributed by atoms with Crippen LogP contribution in [0.3, 0.4) is 0 Å². The van der Waals surface area contributed by atoms with Crippen molar-refractivity contribution >= 4 is 0 Å². The van der Waals surface area contributed by atoms with Crippen molar-refractivity contribution in [1.29, 1.82) is 0 Å². The molecule has 0 aliphatic carbocycles. The first kappa shape index (κ1) is 13.8. The number of aliphatic hydroxyl groups is 1. The van der Waals surface area contributed by atoms with Crippen LogP contribution in [0.4, 0.5) is 0 Å². The van der Waals surface area contributed by atoms with E-state index in [1.165, 1.54) is 5.56 Å². The maximum Gasteiger partial charge on any atom is 0.161 e. The van der Waals surface area contributed by atoms with Gasteiger partial charge in [0, 0.05) is 6.61 Å². The Labute approximate surface area is 103 Å². The Balaban J connectivity index is 2.68. The van der Waals surface area contributed by atoms with Crippen LogP contribution in [0.25, 0.3) is 0 Å². The lowest BCUT2D eigenvalue weighted by molar-refractivity contribution is 0.284. The van der Waals surface area contributed by atoms with E-state index in [1.807, 2.05) is 18.2 Å². The maximum atomic E-state index is 8.82. The summed E-state index contributed by atoms with van der Waals surface area (Å²) in [6, 6.07) is 5.94. The molecule has 1 aromatic rings. The number of benzene rings is 1. The second-order valence-corrected chi connectivity index (χ2v) is 4.01. The molecule has 0 saturated carbocycles. The summed E-state index contributed by atoms with van der Waals surface area (Å²) >= 11 is 0. The van der Waals surface area contributed by atoms with Crippen LogP contribution in [0.1, 0.15) is 31.7 Å². The molecule has 1 N–H and O–H groups in total. The Hall–Kier alpha value is -1.22. The van der Waals surface area contributed by atoms with Crippen LogP contribution in [-0.4, -0.2) is 25.4 Å². The Morgan fingerprint density at radius 3 is 2.65 bits per heavy atom. The number of aliphatic hydroxyl groups excluding tert-OH is 1. The molecule has 1 aromatic carbocycles. The predicted octanol–water partition coefficient (Wildman–Crippen LogP) is 2.80. The highest BCUT2D eigenvalue weighted by atomic mass is 16.5. The first-order valence-corrected chi connectivity index (χ1v) is 6.22. The van der Waals surface area contributed by atoms with Gasteiger partial charge in [-0.3, -0.25) is 0 Å². The maximum absolute atomic E-state index is 8.82. The summed E-state index contributed by atoms with van der Waals surface area (Å²) in [6.07, 6.45) is 3.81. The van der Waals surface area contributed by atoms with Gasteiger partial charge in [0.15, 0.2) is 11.5 Å². The van der Waals surface area contributed by atoms with Crippen molar-refractivity contribution in [2.24, 2.45) is 0 Å². The molecule has 0 aliphatic rings. The van der Waals surface area contributed by atoms with Crippen LogP contribution >= 0.6 is 0 Å². The van der Waals surface area contributed by atoms with E-state index in [0.29, 0.717) is 0 Å². The minimum absolute atomic E-state index is 0.220. The summed E-state index contributed by atoms with van der Waals surface area (Å²) in [5.74, 6) is 1.57. The number of rotatable bonds is 8. The fourth-order valence-corrected chi connectivity index (χ4v) is 1.60. The van der Waals surface area contributed by atoms with Crippen LogP contribution in [0.2, 0.25) is 0 Å². The van der Waals surface area contributed by atoms with Crippen molar-refractivity contribution in [2.45, 2.75) is 32.6 Å². The number of hydrogen-bond acceptors (Lipinski definition) is 3. The van der Waals surface area contributed by atoms with Crippen LogP contribution in [0, 0.1) is 0 Å². The van der Waals surface area contributed by atoms with Gasteiger partial charge in [0.2, 0.25) is 0 Å². The molecule has 0 aliphatic heterocycles. The Morgan fingerprint density at radius 2 is 2.00 bits per heavy atom. The first-order chi connectivity index (χ1) is 8.31. The Morgan fingerprint density at radius 1 is 1.18 bits per heavy atom. The minimum atomic E-state index is 0.220. The molecule has 0 amide bonds. The normalized spacial score (nSPS) is 10.3. The summed E-state index contributed by atoms with van der Waals surface area (Å²) in [7, 11) is 1.65. The molecule has 0 radical (unpaired) electrons. The van der Waals surface area contributed by atoms with Gasteiger partial charge in [0.25, 0.3) is 0 Å². The van der Waals surface area contributed by atoms with Gasteiger partial charge in [-0.05, 0) is 37.0 Å². The van der Waals surface area contributed by atoms with Crippen molar-refractivity contribution in [3.63, 3.8) is 0 Å². The third kappa shape index (κ3) is 4.65. The fraction of sp³-hybridized carbons (Fsp3) is 0.571. The molecule has 0 aromatic heterocycles. The zero-order chi connectivity index (χ0) is 12.5. The lowest BCUT2D eigenvalue weighted by Gasteiger charge is -2.12. The van der Waals surface area contributed by atoms with Gasteiger partial charge in [0.1, 0.15) is 0 Å². The van der Waals surface area contributed by atoms with Crippen molar-refractivity contribution < 1.29 is 14.6 Å². The van der Waals surface area contributed by atoms with Gasteiger partial charge in [0.05, 0.1) is 13.7 Å². The highest BCUT2D eigenvalue weighted by Gasteiger charge is 2.05. The zero-order valence-corrected chi connectivity index (χ0v) is 10.7. The van der Waals surface area contributed by atoms with E-state index in [2.05, 4.69) is 6.92 Å². The van der Waals surface area contributed by atoms with Gasteiger partial charge in [-0.15, -0.1) is 0 Å². The lowest BCUT2D eigenvalue weighted by atomic mass is 10.1. The standard InChI is InChI=1S/C14H22O3/c1-3-4-10-17-14-11-12(6-5-9-15)7-8-13(14)16-2/h7-8,11,15H,3-6,9-10H2,1-2H3. The molecule has 0 fully saturated rings. The molecule has 0 spiro atoms. The molecule has 0 saturated heterocycles. The van der Waals surface area contributed by atoms with Gasteiger partial charge in [-0.25, -0.2) is 0 Å². The fourth-order valence-electron chi connectivity index (χ4n) is 1.60. The number of hydrogen-bond donors (Lipinski definition) is 1. The predicted molar refractivity (Wildman–Crippen MR) is 68.8 cm³/mol. The molecule has 96 valence electrons. The quantitative estimate of drug-likeness (QED) is 0.708. The number of methoxy groups -OCH3 is 1. The van der Waals surface area contributed by atoms with Gasteiger partial charge >= 0.3 is 0 Å². The number of aryl methyl sites for hydroxylation is 1. The van der Waals surface area contributed by atoms with Crippen molar-refractivity contribution in [1.82, 2.24) is 0 Å². The summed E-state index contributed by atoms with van der Waals surface area (Å²) in [5, 5.41) is 8.82. The van der Waals surface area contributed by atoms with E-state index in [0.717, 1.165) is 43.8 Å². The molecule has 3 nitrogen and oxygen atoms in total. The van der Waals surface area contributed by atoms with Crippen LogP contribution < -0.4 is 9.47 Å². The van der Waals surface area contributed by atoms with E-state index in [-0.39, 0.29) is 6.61 Å². The van der Waals surface area contributed by atoms with Gasteiger partial charge < -0.3 is 14.6 Å². The third-order valence-electron chi connectivity index (χ3n) is 2.61. The van der Waals surface area contributed by atoms with Gasteiger partial charge in [-0.2, -0.15) is 0 Å². The molecule has 0 unspecified atom stereocenters. The van der Waals surface area contributed by atoms with E-state index in [1.54, 1.807) is 7.11 Å². The molecule has 0 bridgehead atoms. The van der Waals surface area contributed by atoms with Crippen LogP contribution in [0.5, 0.6) is 11.5 Å². The summed E-state index contributed by atoms with van der Waals surface area (Å²) in [6.45, 7) is 3.08. The lowest BCUT2D eigenvalue weighted by Crippen LogP contribution is -2.00. The smallest absolute Gasteiger partial charge is 0.161 e. The van der Waals surface area contributed by atoms with Crippen molar-refractivity contribution in [2.75, 3.05) is 20.3 Å². The summed E-state index contributed by atoms with van der Waals surface area (Å²) < 4.78 is 11.0. The molecular weight excluding hydrogens is 216 g/mol. The van der Waals surface area contributed by atoms with E-state index in [9.17, 15) is 0 Å². The first-order valence-electron chi connectivity index (χ1n) is 6.22. The molecule has 17 heavy (non-hydrogen) atoms. The zero-order valence-electron chi connectivity index (χ0n) is 10.7. The number of ether oxygens (including phenoxy) is 2. The topological polar surface area (TPSA) is 38.7 Å². The minimum Gasteiger partial charge on any atom is -0.493 e. The Bertz CT molecular complexity index is 323. The molecule has 3 heteroatoms. The average molecular weight is 238 g/mol. The molecule has 0 atom stereocenters. The van der Waals surface area contributed by atoms with E-state index in [4.69, 9.17) is 14.6 Å². The van der Waals surface area contributed by atoms with Crippen molar-refractivity contribution in [3.8, 4) is 11.5 Å². The highest BCUT2D eigenvalue weighted by Crippen LogP contribution is 2.28. The second-order valence-electron chi connectivity index (χ2n) is 4.01. The third-order valence-corrected chi connectivity index (χ3v) is 2.61. The summed E-state index contributed by atoms with van der Waals surface area (Å²) in [5.41, 5.74) is 1.17. The van der Waals surface area contributed by atoms with Gasteiger partial charge in [-0.1, -0.05) is 19.4 Å².